The third-order valence-corrected chi connectivity index (χ3v) is 0. The van der Waals surface area contributed by atoms with E-state index in [9.17, 15) is 0 Å². The van der Waals surface area contributed by atoms with Gasteiger partial charge in [0.15, 0.2) is 0 Å². The van der Waals surface area contributed by atoms with Crippen molar-refractivity contribution in [1.29, 1.82) is 0 Å². The third-order valence-electron chi connectivity index (χ3n) is 0. The summed E-state index contributed by atoms with van der Waals surface area (Å²) < 4.78 is 102. The van der Waals surface area contributed by atoms with Crippen molar-refractivity contribution >= 4 is 31.2 Å². The first-order valence-corrected chi connectivity index (χ1v) is 6.00. The molecule has 0 amide bonds. The molecule has 0 saturated heterocycles. The summed E-state index contributed by atoms with van der Waals surface area (Å²) in [5, 5.41) is 0. The predicted molar refractivity (Wildman–Crippen MR) is 31.4 cm³/mol. The number of hydrogen-bond donors (Lipinski definition) is 0. The Morgan fingerprint density at radius 2 is 0.412 bits per heavy atom. The van der Waals surface area contributed by atoms with E-state index in [1.54, 1.807) is 0 Å². The fourth-order valence-corrected chi connectivity index (χ4v) is 0. The van der Waals surface area contributed by atoms with Crippen LogP contribution < -0.4 is 0 Å². The molecule has 0 aromatic heterocycles. The van der Waals surface area contributed by atoms with Crippen LogP contribution in [0.4, 0.5) is 0 Å². The summed E-state index contributed by atoms with van der Waals surface area (Å²) >= 11 is 0. The van der Waals surface area contributed by atoms with Crippen molar-refractivity contribution in [3.63, 3.8) is 0 Å². The van der Waals surface area contributed by atoms with E-state index in [0.29, 0.717) is 0 Å². The first-order valence-electron chi connectivity index (χ1n) is 2.00. The van der Waals surface area contributed by atoms with Gasteiger partial charge in [-0.3, -0.25) is 25.3 Å². The summed E-state index contributed by atoms with van der Waals surface area (Å²) in [5.41, 5.74) is 0. The summed E-state index contributed by atoms with van der Waals surface area (Å²) in [6, 6.07) is 0. The Balaban J connectivity index is -0.0000000400. The maximum Gasteiger partial charge on any atom is 3.00 e. The molecule has 0 aliphatic rings. The molecule has 0 aromatic rings. The molecule has 0 spiro atoms. The zero-order valence-electron chi connectivity index (χ0n) is 7.12. The van der Waals surface area contributed by atoms with Gasteiger partial charge in [-0.1, -0.05) is 0 Å². The Hall–Kier alpha value is 1.38. The molecule has 0 N–H and O–H groups in total. The quantitative estimate of drug-likeness (QED) is 0.243. The van der Waals surface area contributed by atoms with E-state index in [0.717, 1.165) is 0 Å². The Morgan fingerprint density at radius 1 is 0.412 bits per heavy atom. The monoisotopic (exact) mass is 468 g/mol. The Labute approximate surface area is 135 Å². The molecule has 0 rings (SSSR count). The average Bonchev–Trinajstić information content (AvgIpc) is 1.41. The maximum absolute atomic E-state index is 8.52. The van der Waals surface area contributed by atoms with Crippen LogP contribution in [0.25, 0.3) is 0 Å². The van der Waals surface area contributed by atoms with Gasteiger partial charge in [0.05, 0.1) is 0 Å². The SMILES string of the molecule is O=S(=O)([O-])[O-].O=S(=O)([O-])[O-].O=S(=O)([O-])[O-].[Zr+3].[Zr+3]. The van der Waals surface area contributed by atoms with E-state index < -0.39 is 31.2 Å². The molecule has 0 heterocycles. The van der Waals surface area contributed by atoms with Crippen LogP contribution in [0, 0.1) is 0 Å². The zero-order valence-corrected chi connectivity index (χ0v) is 14.5. The van der Waals surface area contributed by atoms with Crippen molar-refractivity contribution < 1.29 is 105 Å². The van der Waals surface area contributed by atoms with E-state index >= 15 is 0 Å². The summed E-state index contributed by atoms with van der Waals surface area (Å²) in [6.07, 6.45) is 0. The van der Waals surface area contributed by atoms with E-state index in [-0.39, 0.29) is 52.4 Å². The zero-order chi connectivity index (χ0) is 13.5. The predicted octanol–water partition coefficient (Wildman–Crippen LogP) is -4.02. The van der Waals surface area contributed by atoms with Crippen LogP contribution in [-0.4, -0.2) is 52.6 Å². The van der Waals surface area contributed by atoms with Crippen LogP contribution in [0.1, 0.15) is 0 Å². The van der Waals surface area contributed by atoms with Crippen molar-refractivity contribution in [2.45, 2.75) is 0 Å². The molecule has 12 nitrogen and oxygen atoms in total. The smallest absolute Gasteiger partial charge is 0.759 e. The summed E-state index contributed by atoms with van der Waals surface area (Å²) in [6.45, 7) is 0. The molecule has 17 heavy (non-hydrogen) atoms. The first kappa shape index (κ1) is 31.0. The Bertz CT molecular complexity index is 341. The number of rotatable bonds is 0. The molecule has 0 atom stereocenters. The molecular weight excluding hydrogens is 471 g/mol. The van der Waals surface area contributed by atoms with Crippen LogP contribution in [0.3, 0.4) is 0 Å². The van der Waals surface area contributed by atoms with Crippen molar-refractivity contribution in [2.24, 2.45) is 0 Å². The van der Waals surface area contributed by atoms with Crippen molar-refractivity contribution in [2.75, 3.05) is 0 Å². The van der Waals surface area contributed by atoms with Gasteiger partial charge >= 0.3 is 52.4 Å². The Morgan fingerprint density at radius 3 is 0.412 bits per heavy atom. The van der Waals surface area contributed by atoms with E-state index in [1.165, 1.54) is 0 Å². The molecule has 0 fully saturated rings. The van der Waals surface area contributed by atoms with Gasteiger partial charge in [-0.25, -0.2) is 0 Å². The van der Waals surface area contributed by atoms with Gasteiger partial charge in [-0.15, -0.1) is 0 Å². The summed E-state index contributed by atoms with van der Waals surface area (Å²) in [7, 11) is -15.5. The second-order valence-electron chi connectivity index (χ2n) is 1.22. The molecule has 0 saturated carbocycles. The second kappa shape index (κ2) is 12.4. The van der Waals surface area contributed by atoms with Crippen LogP contribution >= 0.6 is 0 Å². The van der Waals surface area contributed by atoms with Gasteiger partial charge in [0.2, 0.25) is 0 Å². The van der Waals surface area contributed by atoms with Crippen LogP contribution in [0.15, 0.2) is 0 Å². The summed E-state index contributed by atoms with van der Waals surface area (Å²) in [5.74, 6) is 0. The normalized spacial score (nSPS) is 10.2. The first-order chi connectivity index (χ1) is 6.00. The molecule has 98 valence electrons. The molecule has 0 bridgehead atoms. The molecule has 0 aromatic carbocycles. The maximum atomic E-state index is 8.52. The van der Waals surface area contributed by atoms with Crippen molar-refractivity contribution in [1.82, 2.24) is 0 Å². The van der Waals surface area contributed by atoms with Crippen LogP contribution in [-0.2, 0) is 83.6 Å². The van der Waals surface area contributed by atoms with Crippen molar-refractivity contribution in [3.8, 4) is 0 Å². The minimum Gasteiger partial charge on any atom is -0.759 e. The van der Waals surface area contributed by atoms with Gasteiger partial charge in [-0.2, -0.15) is 0 Å². The largest absolute Gasteiger partial charge is 3.00 e. The minimum atomic E-state index is -5.17. The second-order valence-corrected chi connectivity index (χ2v) is 3.67. The van der Waals surface area contributed by atoms with Gasteiger partial charge in [0.25, 0.3) is 0 Å². The number of hydrogen-bond acceptors (Lipinski definition) is 12. The van der Waals surface area contributed by atoms with E-state index in [4.69, 9.17) is 52.6 Å². The molecule has 2 radical (unpaired) electrons. The molecule has 0 unspecified atom stereocenters. The third kappa shape index (κ3) is 2170. The fraction of sp³-hybridized carbons (Fsp3) is 0. The molecular formula is O12S3Zr2. The molecule has 0 aliphatic carbocycles. The molecule has 0 aliphatic heterocycles. The van der Waals surface area contributed by atoms with Crippen molar-refractivity contribution in [3.05, 3.63) is 0 Å². The van der Waals surface area contributed by atoms with Crippen LogP contribution in [0.2, 0.25) is 0 Å². The van der Waals surface area contributed by atoms with Gasteiger partial charge < -0.3 is 27.3 Å². The van der Waals surface area contributed by atoms with Crippen LogP contribution in [0.5, 0.6) is 0 Å². The Kier molecular flexibility index (Phi) is 22.6. The van der Waals surface area contributed by atoms with Gasteiger partial charge in [0.1, 0.15) is 0 Å². The minimum absolute atomic E-state index is 0. The van der Waals surface area contributed by atoms with E-state index in [2.05, 4.69) is 0 Å². The molecule has 17 heteroatoms. The fourth-order valence-electron chi connectivity index (χ4n) is 0. The summed E-state index contributed by atoms with van der Waals surface area (Å²) in [4.78, 5) is 0. The topological polar surface area (TPSA) is 241 Å². The van der Waals surface area contributed by atoms with Gasteiger partial charge in [0, 0.05) is 31.2 Å². The van der Waals surface area contributed by atoms with E-state index in [1.807, 2.05) is 0 Å². The van der Waals surface area contributed by atoms with Gasteiger partial charge in [-0.05, 0) is 0 Å². The standard InChI is InChI=1S/3H2O4S.2Zr/c3*1-5(2,3)4;;/h3*(H2,1,2,3,4);;/q;;;2*+3/p-6. The average molecular weight is 471 g/mol.